The lowest BCUT2D eigenvalue weighted by Crippen LogP contribution is -2.44. The number of rotatable bonds is 6. The van der Waals surface area contributed by atoms with E-state index >= 15 is 0 Å². The van der Waals surface area contributed by atoms with Crippen LogP contribution in [0.15, 0.2) is 54.6 Å². The quantitative estimate of drug-likeness (QED) is 0.629. The van der Waals surface area contributed by atoms with Gasteiger partial charge in [0.2, 0.25) is 5.91 Å². The lowest BCUT2D eigenvalue weighted by molar-refractivity contribution is -0.119. The molecule has 1 N–H and O–H groups in total. The summed E-state index contributed by atoms with van der Waals surface area (Å²) >= 11 is 0. The Morgan fingerprint density at radius 1 is 1.03 bits per heavy atom. The van der Waals surface area contributed by atoms with E-state index in [4.69, 9.17) is 4.98 Å². The fraction of sp³-hybridized carbons (Fsp3) is 0.462. The minimum atomic E-state index is 0.0398. The number of carbonyl (C=O) groups is 1. The first kappa shape index (κ1) is 20.3. The highest BCUT2D eigenvalue weighted by Gasteiger charge is 2.41. The summed E-state index contributed by atoms with van der Waals surface area (Å²) in [6, 6.07) is 20.8. The summed E-state index contributed by atoms with van der Waals surface area (Å²) in [4.78, 5) is 19.3. The van der Waals surface area contributed by atoms with Gasteiger partial charge in [-0.2, -0.15) is 0 Å². The van der Waals surface area contributed by atoms with E-state index in [1.54, 1.807) is 6.92 Å². The van der Waals surface area contributed by atoms with Gasteiger partial charge >= 0.3 is 0 Å². The minimum absolute atomic E-state index is 0.0398. The smallest absolute Gasteiger partial charge is 0.217 e. The molecular weight excluding hydrogens is 384 g/mol. The summed E-state index contributed by atoms with van der Waals surface area (Å²) in [6.07, 6.45) is 5.89. The van der Waals surface area contributed by atoms with Crippen LogP contribution >= 0.6 is 0 Å². The summed E-state index contributed by atoms with van der Waals surface area (Å²) in [5, 5.41) is 3.17. The monoisotopic (exact) mass is 416 g/mol. The first-order valence-electron chi connectivity index (χ1n) is 11.6. The topological polar surface area (TPSA) is 50.2 Å². The van der Waals surface area contributed by atoms with E-state index in [1.807, 2.05) is 6.07 Å². The van der Waals surface area contributed by atoms with Crippen LogP contribution in [0.1, 0.15) is 62.5 Å². The van der Waals surface area contributed by atoms with E-state index in [0.29, 0.717) is 18.1 Å². The van der Waals surface area contributed by atoms with Gasteiger partial charge in [-0.3, -0.25) is 9.69 Å². The molecule has 1 amide bonds. The predicted molar refractivity (Wildman–Crippen MR) is 124 cm³/mol. The van der Waals surface area contributed by atoms with Crippen LogP contribution in [0.5, 0.6) is 0 Å². The van der Waals surface area contributed by atoms with Crippen LogP contribution in [-0.2, 0) is 4.79 Å². The van der Waals surface area contributed by atoms with Gasteiger partial charge in [-0.1, -0.05) is 42.5 Å². The van der Waals surface area contributed by atoms with Crippen molar-refractivity contribution in [1.29, 1.82) is 0 Å². The average molecular weight is 417 g/mol. The maximum Gasteiger partial charge on any atom is 0.217 e. The normalized spacial score (nSPS) is 24.4. The third kappa shape index (κ3) is 3.99. The van der Waals surface area contributed by atoms with Crippen molar-refractivity contribution >= 4 is 16.9 Å². The third-order valence-corrected chi connectivity index (χ3v) is 7.25. The Morgan fingerprint density at radius 3 is 2.42 bits per heavy atom. The largest absolute Gasteiger partial charge is 0.349 e. The number of fused-ring (bicyclic) bond motifs is 3. The number of nitrogens with one attached hydrogen (secondary N) is 1. The number of carbonyl (C=O) groups excluding carboxylic acids is 1. The molecule has 1 aromatic heterocycles. The summed E-state index contributed by atoms with van der Waals surface area (Å²) in [6.45, 7) is 4.79. The molecule has 3 heterocycles. The van der Waals surface area contributed by atoms with Crippen LogP contribution in [0.3, 0.4) is 0 Å². The molecule has 0 spiro atoms. The van der Waals surface area contributed by atoms with Gasteiger partial charge in [0.05, 0.1) is 17.1 Å². The Labute approximate surface area is 184 Å². The first-order valence-corrected chi connectivity index (χ1v) is 11.6. The fourth-order valence-corrected chi connectivity index (χ4v) is 5.98. The Hall–Kier alpha value is -2.66. The standard InChI is InChI=1S/C26H32N4O/c1-18-27-25-10-6-7-11-26(25)30(18)23-16-21-12-13-22(17-23)29(21)15-14-24(28-19(2)31)20-8-4-3-5-9-20/h3-11,21-24H,12-17H2,1-2H3,(H,28,31)/t21?,22?,23?,24-/m1/s1. The molecule has 162 valence electrons. The van der Waals surface area contributed by atoms with Crippen molar-refractivity contribution < 1.29 is 4.79 Å². The van der Waals surface area contributed by atoms with Gasteiger partial charge in [-0.15, -0.1) is 0 Å². The number of aryl methyl sites for hydroxylation is 1. The molecule has 3 aromatic rings. The first-order chi connectivity index (χ1) is 15.1. The molecule has 5 nitrogen and oxygen atoms in total. The predicted octanol–water partition coefficient (Wildman–Crippen LogP) is 4.78. The zero-order valence-electron chi connectivity index (χ0n) is 18.5. The average Bonchev–Trinajstić information content (AvgIpc) is 3.22. The maximum atomic E-state index is 11.8. The molecule has 2 aliphatic rings. The van der Waals surface area contributed by atoms with Gasteiger partial charge in [0.25, 0.3) is 0 Å². The number of hydrogen-bond donors (Lipinski definition) is 1. The number of piperidine rings is 1. The molecule has 2 aliphatic heterocycles. The molecule has 2 unspecified atom stereocenters. The van der Waals surface area contributed by atoms with Crippen LogP contribution < -0.4 is 5.32 Å². The van der Waals surface area contributed by atoms with E-state index in [-0.39, 0.29) is 11.9 Å². The molecule has 5 heteroatoms. The molecule has 2 aromatic carbocycles. The van der Waals surface area contributed by atoms with E-state index in [2.05, 4.69) is 70.2 Å². The molecule has 2 bridgehead atoms. The molecule has 5 rings (SSSR count). The Kier molecular flexibility index (Phi) is 5.53. The number of aromatic nitrogens is 2. The van der Waals surface area contributed by atoms with Crippen LogP contribution in [-0.4, -0.2) is 39.0 Å². The number of amides is 1. The number of benzene rings is 2. The fourth-order valence-electron chi connectivity index (χ4n) is 5.98. The van der Waals surface area contributed by atoms with E-state index in [9.17, 15) is 4.79 Å². The molecular formula is C26H32N4O. The lowest BCUT2D eigenvalue weighted by atomic mass is 9.95. The van der Waals surface area contributed by atoms with Crippen LogP contribution in [0.2, 0.25) is 0 Å². The van der Waals surface area contributed by atoms with Crippen molar-refractivity contribution in [3.63, 3.8) is 0 Å². The molecule has 2 saturated heterocycles. The highest BCUT2D eigenvalue weighted by Crippen LogP contribution is 2.42. The van der Waals surface area contributed by atoms with Gasteiger partial charge in [0.15, 0.2) is 0 Å². The van der Waals surface area contributed by atoms with Gasteiger partial charge in [-0.25, -0.2) is 4.98 Å². The molecule has 0 saturated carbocycles. The van der Waals surface area contributed by atoms with Crippen LogP contribution in [0, 0.1) is 6.92 Å². The second-order valence-electron chi connectivity index (χ2n) is 9.22. The Balaban J connectivity index is 1.30. The molecule has 31 heavy (non-hydrogen) atoms. The number of nitrogens with zero attached hydrogens (tertiary/aromatic N) is 3. The minimum Gasteiger partial charge on any atom is -0.349 e. The number of imidazole rings is 1. The zero-order valence-corrected chi connectivity index (χ0v) is 18.5. The van der Waals surface area contributed by atoms with Crippen LogP contribution in [0.4, 0.5) is 0 Å². The second-order valence-corrected chi connectivity index (χ2v) is 9.22. The van der Waals surface area contributed by atoms with Gasteiger partial charge in [0, 0.05) is 31.6 Å². The third-order valence-electron chi connectivity index (χ3n) is 7.25. The second kappa shape index (κ2) is 8.46. The van der Waals surface area contributed by atoms with E-state index in [0.717, 1.165) is 24.3 Å². The highest BCUT2D eigenvalue weighted by atomic mass is 16.1. The summed E-state index contributed by atoms with van der Waals surface area (Å²) in [5.41, 5.74) is 3.57. The summed E-state index contributed by atoms with van der Waals surface area (Å²) in [7, 11) is 0. The number of para-hydroxylation sites is 2. The van der Waals surface area contributed by atoms with E-state index < -0.39 is 0 Å². The zero-order chi connectivity index (χ0) is 21.4. The highest BCUT2D eigenvalue weighted by molar-refractivity contribution is 5.76. The molecule has 0 aliphatic carbocycles. The SMILES string of the molecule is CC(=O)N[C@H](CCN1C2CCC1CC(n1c(C)nc3ccccc31)C2)c1ccccc1. The Morgan fingerprint density at radius 2 is 1.71 bits per heavy atom. The Bertz CT molecular complexity index is 1050. The van der Waals surface area contributed by atoms with Gasteiger partial charge in [-0.05, 0) is 56.7 Å². The van der Waals surface area contributed by atoms with Crippen molar-refractivity contribution in [2.45, 2.75) is 70.1 Å². The maximum absolute atomic E-state index is 11.8. The van der Waals surface area contributed by atoms with Crippen molar-refractivity contribution in [3.8, 4) is 0 Å². The van der Waals surface area contributed by atoms with Gasteiger partial charge in [0.1, 0.15) is 5.82 Å². The summed E-state index contributed by atoms with van der Waals surface area (Å²) in [5.74, 6) is 1.17. The van der Waals surface area contributed by atoms with Crippen LogP contribution in [0.25, 0.3) is 11.0 Å². The van der Waals surface area contributed by atoms with Crippen molar-refractivity contribution in [1.82, 2.24) is 19.8 Å². The van der Waals surface area contributed by atoms with Gasteiger partial charge < -0.3 is 9.88 Å². The molecule has 2 fully saturated rings. The molecule has 0 radical (unpaired) electrons. The van der Waals surface area contributed by atoms with E-state index in [1.165, 1.54) is 36.8 Å². The van der Waals surface area contributed by atoms with Crippen molar-refractivity contribution in [3.05, 3.63) is 66.0 Å². The number of hydrogen-bond acceptors (Lipinski definition) is 3. The summed E-state index contributed by atoms with van der Waals surface area (Å²) < 4.78 is 2.49. The lowest BCUT2D eigenvalue weighted by Gasteiger charge is -2.40. The van der Waals surface area contributed by atoms with Crippen molar-refractivity contribution in [2.75, 3.05) is 6.54 Å². The molecule has 3 atom stereocenters. The van der Waals surface area contributed by atoms with Crippen molar-refractivity contribution in [2.24, 2.45) is 0 Å².